The molecule has 0 fully saturated rings. The second-order valence-electron chi connectivity index (χ2n) is 11.7. The summed E-state index contributed by atoms with van der Waals surface area (Å²) in [5.41, 5.74) is 0. The predicted octanol–water partition coefficient (Wildman–Crippen LogP) is 11.6. The Morgan fingerprint density at radius 1 is 0.368 bits per heavy atom. The van der Waals surface area contributed by atoms with Gasteiger partial charge in [0.2, 0.25) is 5.92 Å². The molecule has 4 heteroatoms. The maximum absolute atomic E-state index is 7.83. The molecule has 222 valence electrons. The molecule has 0 N–H and O–H groups in total. The summed E-state index contributed by atoms with van der Waals surface area (Å²) in [7, 11) is -1.04. The maximum atomic E-state index is 7.83. The van der Waals surface area contributed by atoms with Crippen LogP contribution in [0.3, 0.4) is 0 Å². The van der Waals surface area contributed by atoms with Gasteiger partial charge in [0.1, 0.15) is 0 Å². The van der Waals surface area contributed by atoms with Crippen molar-refractivity contribution in [3.63, 3.8) is 0 Å². The van der Waals surface area contributed by atoms with Crippen molar-refractivity contribution in [1.82, 2.24) is 0 Å². The van der Waals surface area contributed by atoms with E-state index in [0.717, 1.165) is 0 Å². The molecule has 0 saturated heterocycles. The van der Waals surface area contributed by atoms with Gasteiger partial charge >= 0.3 is 201 Å². The van der Waals surface area contributed by atoms with Gasteiger partial charge in [-0.25, -0.2) is 0 Å². The third-order valence-corrected chi connectivity index (χ3v) is 13.8. The summed E-state index contributed by atoms with van der Waals surface area (Å²) in [6, 6.07) is 4.44. The van der Waals surface area contributed by atoms with Crippen molar-refractivity contribution in [2.45, 2.75) is 169 Å². The number of nitriles is 3. The van der Waals surface area contributed by atoms with Crippen LogP contribution >= 0.6 is 7.26 Å². The molecule has 0 heterocycles. The van der Waals surface area contributed by atoms with Crippen LogP contribution in [-0.4, -0.2) is 24.6 Å². The normalized spacial score (nSPS) is 11.3. The minimum atomic E-state index is -1.10. The molecule has 0 rings (SSSR count). The van der Waals surface area contributed by atoms with Crippen LogP contribution in [0.15, 0.2) is 0 Å². The molecule has 0 atom stereocenters. The van der Waals surface area contributed by atoms with E-state index in [0.29, 0.717) is 0 Å². The van der Waals surface area contributed by atoms with Crippen LogP contribution in [-0.2, 0) is 0 Å². The summed E-state index contributed by atoms with van der Waals surface area (Å²) in [5, 5.41) is 23.5. The Labute approximate surface area is 240 Å². The zero-order valence-corrected chi connectivity index (χ0v) is 27.3. The number of unbranched alkanes of at least 4 members (excludes halogenated alkanes) is 18. The van der Waals surface area contributed by atoms with Gasteiger partial charge in [-0.1, -0.05) is 0 Å². The molecule has 0 amide bonds. The number of hydrogen-bond donors (Lipinski definition) is 0. The van der Waals surface area contributed by atoms with Gasteiger partial charge in [-0.2, -0.15) is 15.8 Å². The molecule has 0 aromatic carbocycles. The van der Waals surface area contributed by atoms with Crippen molar-refractivity contribution in [2.24, 2.45) is 5.92 Å². The molecule has 0 unspecified atom stereocenters. The molecule has 3 nitrogen and oxygen atoms in total. The van der Waals surface area contributed by atoms with Crippen molar-refractivity contribution < 1.29 is 0 Å². The molecular weight excluding hydrogens is 481 g/mol. The number of rotatable bonds is 26. The van der Waals surface area contributed by atoms with Crippen molar-refractivity contribution in [2.75, 3.05) is 24.6 Å². The van der Waals surface area contributed by atoms with Crippen LogP contribution < -0.4 is 0 Å². The SMILES string of the molecule is CCCCCCCCCCCC[PH](CCCCCC)(CCCCCC)CCCCCC.N#CC(C#N)C#N. The average Bonchev–Trinajstić information content (AvgIpc) is 2.94. The van der Waals surface area contributed by atoms with Crippen LogP contribution in [0.25, 0.3) is 0 Å². The van der Waals surface area contributed by atoms with Gasteiger partial charge in [0.05, 0.1) is 18.2 Å². The van der Waals surface area contributed by atoms with E-state index >= 15 is 0 Å². The summed E-state index contributed by atoms with van der Waals surface area (Å²) in [6.07, 6.45) is 39.3. The van der Waals surface area contributed by atoms with E-state index in [2.05, 4.69) is 27.7 Å². The molecule has 0 saturated carbocycles. The fraction of sp³-hybridized carbons (Fsp3) is 0.912. The van der Waals surface area contributed by atoms with Gasteiger partial charge in [-0.05, 0) is 0 Å². The number of hydrogen-bond acceptors (Lipinski definition) is 3. The van der Waals surface area contributed by atoms with Gasteiger partial charge in [-0.15, -0.1) is 0 Å². The van der Waals surface area contributed by atoms with Crippen LogP contribution in [0.2, 0.25) is 0 Å². The van der Waals surface area contributed by atoms with Crippen LogP contribution in [0.1, 0.15) is 169 Å². The first kappa shape index (κ1) is 39.0. The zero-order valence-electron chi connectivity index (χ0n) is 26.3. The topological polar surface area (TPSA) is 71.4 Å². The van der Waals surface area contributed by atoms with E-state index in [9.17, 15) is 0 Å². The summed E-state index contributed by atoms with van der Waals surface area (Å²) < 4.78 is 0. The molecule has 0 aliphatic heterocycles. The monoisotopic (exact) mass is 547 g/mol. The Bertz CT molecular complexity index is 534. The summed E-state index contributed by atoms with van der Waals surface area (Å²) in [5.74, 6) is -1.10. The van der Waals surface area contributed by atoms with E-state index in [-0.39, 0.29) is 0 Å². The summed E-state index contributed by atoms with van der Waals surface area (Å²) >= 11 is 0. The minimum absolute atomic E-state index is 1.04. The van der Waals surface area contributed by atoms with E-state index in [4.69, 9.17) is 15.8 Å². The van der Waals surface area contributed by atoms with Gasteiger partial charge in [-0.3, -0.25) is 0 Å². The number of nitrogens with zero attached hydrogens (tertiary/aromatic N) is 3. The molecular formula is C34H66N3P. The summed E-state index contributed by atoms with van der Waals surface area (Å²) in [6.45, 7) is 9.42. The van der Waals surface area contributed by atoms with Gasteiger partial charge in [0, 0.05) is 0 Å². The van der Waals surface area contributed by atoms with Crippen molar-refractivity contribution in [3.8, 4) is 18.2 Å². The first-order chi connectivity index (χ1) is 18.6. The van der Waals surface area contributed by atoms with Gasteiger partial charge < -0.3 is 0 Å². The Kier molecular flexibility index (Phi) is 33.0. The fourth-order valence-corrected chi connectivity index (χ4v) is 11.1. The standard InChI is InChI=1S/C30H65P.C4HN3/c1-5-9-13-17-18-19-20-21-22-26-30-31(27-23-14-10-6-2,28-24-15-11-7-3)29-25-16-12-8-4;5-1-4(2-6)3-7/h31H,5-30H2,1-4H3;4H. The van der Waals surface area contributed by atoms with Crippen LogP contribution in [0, 0.1) is 39.9 Å². The third kappa shape index (κ3) is 26.5. The van der Waals surface area contributed by atoms with Crippen molar-refractivity contribution >= 4 is 7.26 Å². The molecule has 0 aliphatic carbocycles. The Morgan fingerprint density at radius 2 is 0.579 bits per heavy atom. The Morgan fingerprint density at radius 3 is 0.789 bits per heavy atom. The van der Waals surface area contributed by atoms with E-state index in [1.807, 2.05) is 0 Å². The minimum Gasteiger partial charge on any atom is -0.196 e. The maximum Gasteiger partial charge on any atom is 0.218 e. The average molecular weight is 548 g/mol. The molecule has 38 heavy (non-hydrogen) atoms. The van der Waals surface area contributed by atoms with Crippen molar-refractivity contribution in [3.05, 3.63) is 0 Å². The predicted molar refractivity (Wildman–Crippen MR) is 172 cm³/mol. The van der Waals surface area contributed by atoms with Gasteiger partial charge in [0.15, 0.2) is 0 Å². The Hall–Kier alpha value is -1.10. The largest absolute Gasteiger partial charge is 0.218 e. The van der Waals surface area contributed by atoms with Crippen molar-refractivity contribution in [1.29, 1.82) is 15.8 Å². The van der Waals surface area contributed by atoms with Crippen LogP contribution in [0.4, 0.5) is 0 Å². The van der Waals surface area contributed by atoms with E-state index < -0.39 is 13.2 Å². The second-order valence-corrected chi connectivity index (χ2v) is 16.7. The third-order valence-electron chi connectivity index (χ3n) is 8.13. The first-order valence-electron chi connectivity index (χ1n) is 16.8. The molecule has 0 aromatic heterocycles. The first-order valence-corrected chi connectivity index (χ1v) is 19.6. The second kappa shape index (κ2) is 32.1. The summed E-state index contributed by atoms with van der Waals surface area (Å²) in [4.78, 5) is 0. The van der Waals surface area contributed by atoms with E-state index in [1.165, 1.54) is 134 Å². The molecule has 0 aliphatic rings. The fourth-order valence-electron chi connectivity index (χ4n) is 5.60. The zero-order chi connectivity index (χ0) is 28.6. The smallest absolute Gasteiger partial charge is 0.196 e. The Balaban J connectivity index is 0. The quantitative estimate of drug-likeness (QED) is 0.0798. The van der Waals surface area contributed by atoms with Gasteiger partial charge in [0.25, 0.3) is 0 Å². The molecule has 0 aromatic rings. The van der Waals surface area contributed by atoms with Crippen LogP contribution in [0.5, 0.6) is 0 Å². The molecule has 0 radical (unpaired) electrons. The molecule has 0 bridgehead atoms. The van der Waals surface area contributed by atoms with E-state index in [1.54, 1.807) is 50.3 Å². The molecule has 0 spiro atoms.